The van der Waals surface area contributed by atoms with Gasteiger partial charge in [-0.15, -0.1) is 0 Å². The fourth-order valence-corrected chi connectivity index (χ4v) is 12.1. The van der Waals surface area contributed by atoms with Crippen LogP contribution in [0.3, 0.4) is 0 Å². The van der Waals surface area contributed by atoms with Crippen molar-refractivity contribution in [2.45, 2.75) is 19.8 Å². The standard InChI is InChI=1S/C51H36N2Si/c1-33-23-26-40(27-24-33)54(38-14-4-2-5-15-38,39-16-6-3-7-17-39)48-28-25-35-29-36-30-37(52-46-21-10-8-18-41(46)42-19-9-11-22-47(42)52)32-44-43-20-12-13-34-31-45(48)50(35)53(49(34)43)51(36)44/h2-28,30,32H,29,31H2,1H3/i2D,3D,4D,5D,6D,7D,8D,9D,10D,11D,12D,13D,14D,15D,16D,17D,18D,19D,20D,21D,22D,23D,24D,25D,26D,27D,28D,30D,32D. The van der Waals surface area contributed by atoms with E-state index < -0.39 is 244 Å². The molecule has 0 unspecified atom stereocenters. The van der Waals surface area contributed by atoms with Crippen LogP contribution in [0.2, 0.25) is 0 Å². The van der Waals surface area contributed by atoms with Gasteiger partial charge in [-0.3, -0.25) is 0 Å². The van der Waals surface area contributed by atoms with Gasteiger partial charge in [0.15, 0.2) is 8.07 Å². The maximum absolute atomic E-state index is 10.4. The zero-order valence-corrected chi connectivity index (χ0v) is 28.8. The van der Waals surface area contributed by atoms with Crippen LogP contribution in [0, 0.1) is 6.92 Å². The molecule has 0 fully saturated rings. The summed E-state index contributed by atoms with van der Waals surface area (Å²) in [7, 11) is -6.11. The molecule has 0 bridgehead atoms. The van der Waals surface area contributed by atoms with Crippen molar-refractivity contribution in [1.29, 1.82) is 0 Å². The van der Waals surface area contributed by atoms with Crippen LogP contribution in [-0.4, -0.2) is 17.2 Å². The Morgan fingerprint density at radius 1 is 0.463 bits per heavy atom. The SMILES string of the molecule is [2H]c1c([2H])c([2H])c([Si](c2c([2H])c([2H])c([2H])c([2H])c2[2H])(c2c([2H])c([2H])c(C)c([2H])c2[2H])c2c([2H])c([2H])c3c4c2Cc2c([2H])c([2H])c([2H])c5c6c([2H])c(-n7c8c([2H])c([2H])c([2H])c([2H])c8c8c([2H])c([2H])c([2H])c([2H])c87)c([2H])c(c6n-4c25)C3)c([2H])c1[2H]. The highest BCUT2D eigenvalue weighted by Crippen LogP contribution is 2.46. The fourth-order valence-electron chi connectivity index (χ4n) is 8.21. The molecule has 4 heterocycles. The van der Waals surface area contributed by atoms with Gasteiger partial charge in [-0.1, -0.05) is 157 Å². The first kappa shape index (κ1) is 13.5. The van der Waals surface area contributed by atoms with Gasteiger partial charge in [0.1, 0.15) is 0 Å². The number of rotatable bonds is 5. The molecule has 0 aliphatic carbocycles. The molecule has 0 atom stereocenters. The van der Waals surface area contributed by atoms with Crippen LogP contribution in [0.4, 0.5) is 0 Å². The van der Waals surface area contributed by atoms with Crippen molar-refractivity contribution in [3.63, 3.8) is 0 Å². The van der Waals surface area contributed by atoms with E-state index in [0.29, 0.717) is 0 Å². The largest absolute Gasteiger partial charge is 0.309 e. The molecule has 0 radical (unpaired) electrons. The van der Waals surface area contributed by atoms with Gasteiger partial charge in [-0.25, -0.2) is 0 Å². The van der Waals surface area contributed by atoms with E-state index in [4.69, 9.17) is 16.4 Å². The van der Waals surface area contributed by atoms with Gasteiger partial charge in [-0.05, 0) is 74.1 Å². The van der Waals surface area contributed by atoms with Gasteiger partial charge < -0.3 is 9.13 Å². The Hall–Kier alpha value is -6.42. The van der Waals surface area contributed by atoms with Crippen LogP contribution in [0.1, 0.15) is 67.6 Å². The molecule has 2 aromatic heterocycles. The summed E-state index contributed by atoms with van der Waals surface area (Å²) < 4.78 is 274. The van der Waals surface area contributed by atoms with Crippen LogP contribution in [0.25, 0.3) is 55.0 Å². The van der Waals surface area contributed by atoms with Crippen molar-refractivity contribution in [3.05, 3.63) is 203 Å². The van der Waals surface area contributed by atoms with E-state index >= 15 is 0 Å². The van der Waals surface area contributed by atoms with E-state index in [-0.39, 0.29) is 55.3 Å². The molecular weight excluding hydrogens is 669 g/mol. The zero-order valence-electron chi connectivity index (χ0n) is 56.8. The number of para-hydroxylation sites is 3. The lowest BCUT2D eigenvalue weighted by atomic mass is 9.91. The smallest absolute Gasteiger partial charge is 0.179 e. The van der Waals surface area contributed by atoms with E-state index in [2.05, 4.69) is 0 Å². The molecule has 0 spiro atoms. The van der Waals surface area contributed by atoms with Crippen molar-refractivity contribution in [1.82, 2.24) is 9.13 Å². The lowest BCUT2D eigenvalue weighted by Gasteiger charge is -2.39. The zero-order chi connectivity index (χ0) is 60.8. The number of hydrogen-bond donors (Lipinski definition) is 0. The summed E-state index contributed by atoms with van der Waals surface area (Å²) in [6.45, 7) is 1.24. The third-order valence-electron chi connectivity index (χ3n) is 10.3. The monoisotopic (exact) mass is 733 g/mol. The molecule has 10 aromatic rings. The third-order valence-corrected chi connectivity index (χ3v) is 14.5. The average Bonchev–Trinajstić information content (AvgIpc) is 1.93. The molecule has 254 valence electrons. The topological polar surface area (TPSA) is 9.86 Å². The maximum atomic E-state index is 10.4. The Balaban J connectivity index is 1.38. The fraction of sp³-hybridized carbons (Fsp3) is 0.0588. The quantitative estimate of drug-likeness (QED) is 0.123. The predicted molar refractivity (Wildman–Crippen MR) is 229 cm³/mol. The first-order valence-electron chi connectivity index (χ1n) is 31.3. The predicted octanol–water partition coefficient (Wildman–Crippen LogP) is 9.38. The van der Waals surface area contributed by atoms with Crippen LogP contribution in [-0.2, 0) is 12.8 Å². The second-order valence-corrected chi connectivity index (χ2v) is 16.5. The Kier molecular flexibility index (Phi) is 2.75. The molecule has 0 amide bonds. The number of benzene rings is 8. The molecular formula is C51H36N2Si. The second-order valence-electron chi connectivity index (χ2n) is 13.0. The minimum Gasteiger partial charge on any atom is -0.309 e. The van der Waals surface area contributed by atoms with Crippen molar-refractivity contribution < 1.29 is 39.8 Å². The maximum Gasteiger partial charge on any atom is 0.179 e. The van der Waals surface area contributed by atoms with Crippen LogP contribution in [0.5, 0.6) is 0 Å². The normalized spacial score (nSPS) is 20.6. The lowest BCUT2D eigenvalue weighted by molar-refractivity contribution is 0.978. The summed E-state index contributed by atoms with van der Waals surface area (Å²) >= 11 is 0. The van der Waals surface area contributed by atoms with Crippen molar-refractivity contribution in [2.24, 2.45) is 0 Å². The van der Waals surface area contributed by atoms with Gasteiger partial charge in [-0.2, -0.15) is 0 Å². The number of aromatic nitrogens is 2. The van der Waals surface area contributed by atoms with E-state index in [9.17, 15) is 23.3 Å². The molecule has 0 saturated heterocycles. The number of hydrogen-bond acceptors (Lipinski definition) is 0. The Bertz CT molecular complexity index is 4530. The van der Waals surface area contributed by atoms with E-state index in [1.54, 1.807) is 0 Å². The molecule has 0 N–H and O–H groups in total. The van der Waals surface area contributed by atoms with Gasteiger partial charge in [0.2, 0.25) is 0 Å². The molecule has 0 saturated carbocycles. The molecule has 12 rings (SSSR count). The van der Waals surface area contributed by atoms with E-state index in [1.165, 1.54) is 11.5 Å². The highest BCUT2D eigenvalue weighted by Gasteiger charge is 2.45. The summed E-state index contributed by atoms with van der Waals surface area (Å²) in [6, 6.07) is -25.4. The summed E-state index contributed by atoms with van der Waals surface area (Å²) in [4.78, 5) is 0. The van der Waals surface area contributed by atoms with Crippen molar-refractivity contribution in [3.8, 4) is 11.4 Å². The molecule has 2 aliphatic rings. The minimum absolute atomic E-state index is 0.0858. The molecule has 54 heavy (non-hydrogen) atoms. The molecule has 2 aliphatic heterocycles. The minimum atomic E-state index is -6.11. The Morgan fingerprint density at radius 2 is 1.06 bits per heavy atom. The van der Waals surface area contributed by atoms with E-state index in [1.807, 2.05) is 0 Å². The Morgan fingerprint density at radius 3 is 1.74 bits per heavy atom. The third kappa shape index (κ3) is 3.89. The highest BCUT2D eigenvalue weighted by molar-refractivity contribution is 7.20. The lowest BCUT2D eigenvalue weighted by Crippen LogP contribution is -2.75. The second kappa shape index (κ2) is 11.0. The molecule has 3 heteroatoms. The summed E-state index contributed by atoms with van der Waals surface area (Å²) in [5.74, 6) is 0. The Labute approximate surface area is 355 Å². The number of fused-ring (bicyclic) bond motifs is 4. The molecule has 8 aromatic carbocycles. The van der Waals surface area contributed by atoms with Crippen LogP contribution in [0.15, 0.2) is 175 Å². The average molecular weight is 734 g/mol. The van der Waals surface area contributed by atoms with E-state index in [0.717, 1.165) is 4.57 Å². The van der Waals surface area contributed by atoms with Gasteiger partial charge >= 0.3 is 0 Å². The van der Waals surface area contributed by atoms with Gasteiger partial charge in [0.25, 0.3) is 0 Å². The van der Waals surface area contributed by atoms with Crippen LogP contribution >= 0.6 is 0 Å². The summed E-state index contributed by atoms with van der Waals surface area (Å²) in [6.07, 6.45) is -1.28. The highest BCUT2D eigenvalue weighted by atomic mass is 28.3. The molecule has 2 nitrogen and oxygen atoms in total. The number of nitrogens with zero attached hydrogens (tertiary/aromatic N) is 2. The van der Waals surface area contributed by atoms with Crippen LogP contribution < -0.4 is 20.7 Å². The van der Waals surface area contributed by atoms with Gasteiger partial charge in [0, 0.05) is 40.1 Å². The first-order valence-corrected chi connectivity index (χ1v) is 18.8. The summed E-state index contributed by atoms with van der Waals surface area (Å²) in [5.41, 5.74) is -2.78. The summed E-state index contributed by atoms with van der Waals surface area (Å²) in [5, 5.41) is -4.55. The van der Waals surface area contributed by atoms with Crippen molar-refractivity contribution in [2.75, 3.05) is 0 Å². The van der Waals surface area contributed by atoms with Gasteiger partial charge in [0.05, 0.1) is 67.5 Å². The first-order chi connectivity index (χ1) is 38.8. The van der Waals surface area contributed by atoms with Crippen molar-refractivity contribution >= 4 is 72.4 Å².